The summed E-state index contributed by atoms with van der Waals surface area (Å²) in [5, 5.41) is 12.3. The fourth-order valence-corrected chi connectivity index (χ4v) is 3.15. The van der Waals surface area contributed by atoms with Crippen molar-refractivity contribution in [3.63, 3.8) is 0 Å². The van der Waals surface area contributed by atoms with Crippen LogP contribution in [0.1, 0.15) is 0 Å². The summed E-state index contributed by atoms with van der Waals surface area (Å²) in [5.41, 5.74) is 2.18. The lowest BCUT2D eigenvalue weighted by Crippen LogP contribution is -2.09. The van der Waals surface area contributed by atoms with Gasteiger partial charge in [0, 0.05) is 24.0 Å². The largest absolute Gasteiger partial charge is 0.493 e. The number of pyridine rings is 2. The molecule has 0 amide bonds. The smallest absolute Gasteiger partial charge is 0.263 e. The number of hydrogen-bond donors (Lipinski definition) is 1. The van der Waals surface area contributed by atoms with E-state index in [0.717, 1.165) is 10.9 Å². The van der Waals surface area contributed by atoms with Crippen LogP contribution >= 0.6 is 0 Å². The Morgan fingerprint density at radius 1 is 1.27 bits per heavy atom. The van der Waals surface area contributed by atoms with Crippen LogP contribution in [0.4, 0.5) is 0 Å². The number of rotatable bonds is 0. The van der Waals surface area contributed by atoms with E-state index in [0.29, 0.717) is 27.5 Å². The highest BCUT2D eigenvalue weighted by Crippen LogP contribution is 2.36. The number of nitrogens with zero attached hydrogens (tertiary/aromatic N) is 5. The summed E-state index contributed by atoms with van der Waals surface area (Å²) >= 11 is 0. The van der Waals surface area contributed by atoms with Gasteiger partial charge >= 0.3 is 0 Å². The van der Waals surface area contributed by atoms with Gasteiger partial charge in [0.25, 0.3) is 5.56 Å². The molecular weight excluding hydrogens is 282 g/mol. The van der Waals surface area contributed by atoms with E-state index in [2.05, 4.69) is 15.0 Å². The maximum absolute atomic E-state index is 12.6. The minimum atomic E-state index is -0.258. The maximum Gasteiger partial charge on any atom is 0.263 e. The maximum atomic E-state index is 12.6. The average Bonchev–Trinajstić information content (AvgIpc) is 3.19. The topological polar surface area (TPSA) is 85.3 Å². The molecule has 0 aliphatic carbocycles. The number of aromatic nitrogens is 5. The van der Waals surface area contributed by atoms with Crippen LogP contribution < -0.4 is 5.56 Å². The molecule has 5 aromatic rings. The first-order valence-electron chi connectivity index (χ1n) is 6.72. The van der Waals surface area contributed by atoms with Crippen LogP contribution in [-0.2, 0) is 7.05 Å². The van der Waals surface area contributed by atoms with Gasteiger partial charge in [-0.1, -0.05) is 0 Å². The lowest BCUT2D eigenvalue weighted by atomic mass is 10.1. The monoisotopic (exact) mass is 291 g/mol. The van der Waals surface area contributed by atoms with Gasteiger partial charge < -0.3 is 5.11 Å². The fraction of sp³-hybridized carbons (Fsp3) is 0.0667. The van der Waals surface area contributed by atoms with E-state index >= 15 is 0 Å². The number of aromatic hydroxyl groups is 1. The molecule has 22 heavy (non-hydrogen) atoms. The summed E-state index contributed by atoms with van der Waals surface area (Å²) < 4.78 is 2.93. The van der Waals surface area contributed by atoms with Crippen LogP contribution in [0.5, 0.6) is 5.88 Å². The van der Waals surface area contributed by atoms with Crippen LogP contribution in [0.2, 0.25) is 0 Å². The Kier molecular flexibility index (Phi) is 1.82. The first-order valence-corrected chi connectivity index (χ1v) is 6.72. The Morgan fingerprint density at radius 3 is 3.00 bits per heavy atom. The highest BCUT2D eigenvalue weighted by Gasteiger charge is 2.23. The lowest BCUT2D eigenvalue weighted by Gasteiger charge is -2.00. The normalized spacial score (nSPS) is 12.2. The van der Waals surface area contributed by atoms with Crippen LogP contribution in [0.15, 0.2) is 35.6 Å². The third-order valence-electron chi connectivity index (χ3n) is 4.17. The molecule has 5 aromatic heterocycles. The Bertz CT molecular complexity index is 1270. The van der Waals surface area contributed by atoms with Gasteiger partial charge in [0.2, 0.25) is 5.88 Å². The second-order valence-corrected chi connectivity index (χ2v) is 5.27. The van der Waals surface area contributed by atoms with Crippen molar-refractivity contribution in [3.05, 3.63) is 41.2 Å². The SMILES string of the molecule is Cn1c(O)c2c(c1=O)c1c3cccnc3nc1c1cncn12. The van der Waals surface area contributed by atoms with Crippen molar-refractivity contribution in [2.24, 2.45) is 7.05 Å². The molecule has 5 rings (SSSR count). The van der Waals surface area contributed by atoms with Crippen molar-refractivity contribution in [1.29, 1.82) is 0 Å². The Labute approximate surface area is 122 Å². The second-order valence-electron chi connectivity index (χ2n) is 5.27. The summed E-state index contributed by atoms with van der Waals surface area (Å²) in [6, 6.07) is 3.69. The van der Waals surface area contributed by atoms with Gasteiger partial charge in [-0.05, 0) is 12.1 Å². The number of fused-ring (bicyclic) bond motifs is 8. The molecule has 0 atom stereocenters. The predicted molar refractivity (Wildman–Crippen MR) is 81.4 cm³/mol. The van der Waals surface area contributed by atoms with E-state index in [1.54, 1.807) is 30.2 Å². The number of imidazole rings is 1. The van der Waals surface area contributed by atoms with Gasteiger partial charge in [-0.15, -0.1) is 0 Å². The van der Waals surface area contributed by atoms with Crippen LogP contribution in [0.3, 0.4) is 0 Å². The average molecular weight is 291 g/mol. The van der Waals surface area contributed by atoms with Crippen molar-refractivity contribution < 1.29 is 5.11 Å². The van der Waals surface area contributed by atoms with Crippen molar-refractivity contribution >= 4 is 38.4 Å². The Hall–Kier alpha value is -3.22. The zero-order valence-corrected chi connectivity index (χ0v) is 11.5. The zero-order valence-electron chi connectivity index (χ0n) is 11.5. The fourth-order valence-electron chi connectivity index (χ4n) is 3.15. The van der Waals surface area contributed by atoms with Crippen molar-refractivity contribution in [3.8, 4) is 5.88 Å². The Balaban J connectivity index is 2.32. The number of hydrogen-bond acceptors (Lipinski definition) is 5. The molecular formula is C15H9N5O2. The van der Waals surface area contributed by atoms with Crippen LogP contribution in [0.25, 0.3) is 38.4 Å². The molecule has 0 aliphatic rings. The first-order chi connectivity index (χ1) is 10.7. The van der Waals surface area contributed by atoms with Gasteiger partial charge in [-0.3, -0.25) is 13.8 Å². The molecule has 0 spiro atoms. The van der Waals surface area contributed by atoms with E-state index in [-0.39, 0.29) is 11.4 Å². The van der Waals surface area contributed by atoms with Gasteiger partial charge in [0.15, 0.2) is 5.65 Å². The van der Waals surface area contributed by atoms with Crippen molar-refractivity contribution in [2.75, 3.05) is 0 Å². The second kappa shape index (κ2) is 3.51. The lowest BCUT2D eigenvalue weighted by molar-refractivity contribution is 0.433. The molecule has 0 saturated carbocycles. The Morgan fingerprint density at radius 2 is 2.14 bits per heavy atom. The molecule has 5 heterocycles. The first kappa shape index (κ1) is 11.4. The third-order valence-corrected chi connectivity index (χ3v) is 4.17. The molecule has 7 heteroatoms. The molecule has 0 fully saturated rings. The molecule has 106 valence electrons. The molecule has 7 nitrogen and oxygen atoms in total. The van der Waals surface area contributed by atoms with Gasteiger partial charge in [-0.2, -0.15) is 0 Å². The van der Waals surface area contributed by atoms with Crippen LogP contribution in [-0.4, -0.2) is 29.0 Å². The summed E-state index contributed by atoms with van der Waals surface area (Å²) in [6.07, 6.45) is 4.91. The summed E-state index contributed by atoms with van der Waals surface area (Å²) in [6.45, 7) is 0. The molecule has 0 radical (unpaired) electrons. The van der Waals surface area contributed by atoms with Gasteiger partial charge in [-0.25, -0.2) is 15.0 Å². The van der Waals surface area contributed by atoms with Crippen molar-refractivity contribution in [2.45, 2.75) is 0 Å². The van der Waals surface area contributed by atoms with Crippen molar-refractivity contribution in [1.82, 2.24) is 23.9 Å². The minimum Gasteiger partial charge on any atom is -0.493 e. The molecule has 0 unspecified atom stereocenters. The molecule has 0 bridgehead atoms. The minimum absolute atomic E-state index is 0.0804. The highest BCUT2D eigenvalue weighted by atomic mass is 16.3. The van der Waals surface area contributed by atoms with Gasteiger partial charge in [0.05, 0.1) is 23.4 Å². The predicted octanol–water partition coefficient (Wildman–Crippen LogP) is 1.43. The van der Waals surface area contributed by atoms with Crippen LogP contribution in [0, 0.1) is 0 Å². The van der Waals surface area contributed by atoms with E-state index < -0.39 is 0 Å². The quantitative estimate of drug-likeness (QED) is 0.466. The van der Waals surface area contributed by atoms with E-state index in [1.807, 2.05) is 12.1 Å². The molecule has 0 saturated heterocycles. The molecule has 0 aromatic carbocycles. The molecule has 1 N–H and O–H groups in total. The standard InChI is InChI=1S/C15H9N5O2/c1-19-14(21)10-9-7-3-2-4-17-13(7)18-11(9)8-5-16-6-20(8)12(10)15(19)22/h2-6,22H,1H3. The van der Waals surface area contributed by atoms with Gasteiger partial charge in [0.1, 0.15) is 11.0 Å². The zero-order chi connectivity index (χ0) is 15.0. The third kappa shape index (κ3) is 1.09. The van der Waals surface area contributed by atoms with E-state index in [4.69, 9.17) is 0 Å². The summed E-state index contributed by atoms with van der Waals surface area (Å²) in [7, 11) is 1.54. The summed E-state index contributed by atoms with van der Waals surface area (Å²) in [5.74, 6) is -0.0804. The highest BCUT2D eigenvalue weighted by molar-refractivity contribution is 6.23. The van der Waals surface area contributed by atoms with E-state index in [9.17, 15) is 9.90 Å². The summed E-state index contributed by atoms with van der Waals surface area (Å²) in [4.78, 5) is 25.5. The molecule has 0 aliphatic heterocycles. The van der Waals surface area contributed by atoms with E-state index in [1.165, 1.54) is 4.57 Å².